The normalized spacial score (nSPS) is 18.2. The average molecular weight is 680 g/mol. The molecule has 2 rings (SSSR count). The number of fused-ring (bicyclic) bond motifs is 2. The Labute approximate surface area is 277 Å². The highest BCUT2D eigenvalue weighted by molar-refractivity contribution is 7.80. The van der Waals surface area contributed by atoms with Crippen molar-refractivity contribution in [3.63, 3.8) is 0 Å². The molecule has 0 aliphatic carbocycles. The molecule has 4 amide bonds. The fraction of sp³-hybridized carbons (Fsp3) is 0.903. The first-order valence-corrected chi connectivity index (χ1v) is 18.3. The van der Waals surface area contributed by atoms with E-state index in [0.29, 0.717) is 5.06 Å². The number of carbonyl (C=O) groups excluding carboxylic acids is 3. The van der Waals surface area contributed by atoms with E-state index in [-0.39, 0.29) is 32.5 Å². The summed E-state index contributed by atoms with van der Waals surface area (Å²) in [6.07, 6.45) is 11.0. The monoisotopic (exact) mass is 679 g/mol. The van der Waals surface area contributed by atoms with Crippen molar-refractivity contribution in [3.8, 4) is 0 Å². The average Bonchev–Trinajstić information content (AvgIpc) is 3.21. The second kappa shape index (κ2) is 20.2. The molecule has 46 heavy (non-hydrogen) atoms. The molecule has 0 unspecified atom stereocenters. The summed E-state index contributed by atoms with van der Waals surface area (Å²) in [6.45, 7) is 20.4. The van der Waals surface area contributed by atoms with Crippen LogP contribution in [0.25, 0.3) is 0 Å². The molecular formula is C31H61N5O9S. The van der Waals surface area contributed by atoms with Crippen molar-refractivity contribution >= 4 is 28.4 Å². The standard InChI is InChI=1S/C16H36N.C15H26N4O9S/c1-5-9-13-17(14-10-6-2,15-11-7-3)16-12-8-4;1-15(2,3)27-14(22)17(4)7-8-26-16-12(20)11-6-5-10-9-18(11)13(21)19(10)28-29(23,24)25/h5-16H2,1-4H3;10-11H,5-9H2,1-4H3,(H,16,20)(H,23,24,25)/q+1;/p-1/t;10-,11+/m.1/s1. The predicted octanol–water partition coefficient (Wildman–Crippen LogP) is 4.57. The van der Waals surface area contributed by atoms with Gasteiger partial charge in [-0.25, -0.2) is 23.5 Å². The van der Waals surface area contributed by atoms with E-state index in [0.717, 1.165) is 4.90 Å². The Morgan fingerprint density at radius 2 is 1.46 bits per heavy atom. The van der Waals surface area contributed by atoms with Gasteiger partial charge in [0.25, 0.3) is 5.91 Å². The van der Waals surface area contributed by atoms with Crippen LogP contribution in [0.2, 0.25) is 0 Å². The van der Waals surface area contributed by atoms with Gasteiger partial charge in [0.2, 0.25) is 10.4 Å². The van der Waals surface area contributed by atoms with Crippen molar-refractivity contribution in [3.05, 3.63) is 0 Å². The number of urea groups is 1. The van der Waals surface area contributed by atoms with Crippen LogP contribution in [0.3, 0.4) is 0 Å². The van der Waals surface area contributed by atoms with E-state index in [1.807, 2.05) is 0 Å². The molecule has 2 atom stereocenters. The minimum absolute atomic E-state index is 0.0194. The Morgan fingerprint density at radius 1 is 0.957 bits per heavy atom. The summed E-state index contributed by atoms with van der Waals surface area (Å²) >= 11 is 0. The number of piperidine rings is 1. The van der Waals surface area contributed by atoms with Crippen LogP contribution >= 0.6 is 0 Å². The molecule has 0 radical (unpaired) electrons. The van der Waals surface area contributed by atoms with Crippen molar-refractivity contribution in [2.45, 2.75) is 130 Å². The van der Waals surface area contributed by atoms with Crippen LogP contribution in [0.1, 0.15) is 113 Å². The van der Waals surface area contributed by atoms with Gasteiger partial charge in [-0.2, -0.15) is 9.35 Å². The molecule has 2 bridgehead atoms. The van der Waals surface area contributed by atoms with Gasteiger partial charge in [0.15, 0.2) is 0 Å². The number of nitrogens with one attached hydrogen (secondary N) is 1. The Hall–Kier alpha value is -2.20. The van der Waals surface area contributed by atoms with Crippen LogP contribution in [0.15, 0.2) is 0 Å². The number of amides is 4. The highest BCUT2D eigenvalue weighted by atomic mass is 32.3. The summed E-state index contributed by atoms with van der Waals surface area (Å²) in [5.74, 6) is -0.608. The van der Waals surface area contributed by atoms with Crippen molar-refractivity contribution < 1.29 is 45.7 Å². The maximum absolute atomic E-state index is 12.3. The van der Waals surface area contributed by atoms with E-state index in [2.05, 4.69) is 37.5 Å². The number of hydroxylamine groups is 3. The summed E-state index contributed by atoms with van der Waals surface area (Å²) in [4.78, 5) is 43.8. The van der Waals surface area contributed by atoms with Gasteiger partial charge in [-0.15, -0.1) is 0 Å². The molecule has 2 saturated heterocycles. The van der Waals surface area contributed by atoms with Crippen molar-refractivity contribution in [1.29, 1.82) is 0 Å². The number of carbonyl (C=O) groups is 3. The van der Waals surface area contributed by atoms with Gasteiger partial charge in [-0.3, -0.25) is 9.63 Å². The van der Waals surface area contributed by atoms with Crippen LogP contribution in [0, 0.1) is 0 Å². The number of hydrogen-bond acceptors (Lipinski definition) is 9. The Balaban J connectivity index is 0.000000533. The van der Waals surface area contributed by atoms with E-state index in [1.54, 1.807) is 20.8 Å². The first-order valence-electron chi connectivity index (χ1n) is 17.0. The predicted molar refractivity (Wildman–Crippen MR) is 174 cm³/mol. The van der Waals surface area contributed by atoms with Crippen LogP contribution in [-0.2, 0) is 29.1 Å². The molecule has 2 heterocycles. The molecule has 14 nitrogen and oxygen atoms in total. The molecule has 2 aliphatic rings. The highest BCUT2D eigenvalue weighted by Gasteiger charge is 2.48. The lowest BCUT2D eigenvalue weighted by molar-refractivity contribution is -0.929. The fourth-order valence-electron chi connectivity index (χ4n) is 5.55. The van der Waals surface area contributed by atoms with Gasteiger partial charge in [0.1, 0.15) is 11.6 Å². The number of likely N-dealkylation sites (N-methyl/N-ethyl adjacent to an activating group) is 1. The SMILES string of the molecule is CCCC[N+](CCCC)(CCCC)CCCC.CN(CCONC(=O)[C@@H]1CC[C@@H]2CN1C(=O)N2OS(=O)(=O)[O-])C(=O)OC(C)(C)C. The molecule has 0 aromatic carbocycles. The van der Waals surface area contributed by atoms with Gasteiger partial charge < -0.3 is 23.6 Å². The van der Waals surface area contributed by atoms with Crippen LogP contribution in [0.4, 0.5) is 9.59 Å². The zero-order valence-electron chi connectivity index (χ0n) is 29.5. The van der Waals surface area contributed by atoms with Gasteiger partial charge in [0.05, 0.1) is 38.8 Å². The Bertz CT molecular complexity index is 1000. The lowest BCUT2D eigenvalue weighted by atomic mass is 10.0. The van der Waals surface area contributed by atoms with Gasteiger partial charge in [0, 0.05) is 20.1 Å². The summed E-state index contributed by atoms with van der Waals surface area (Å²) in [5.41, 5.74) is 1.58. The van der Waals surface area contributed by atoms with Crippen molar-refractivity contribution in [1.82, 2.24) is 20.3 Å². The summed E-state index contributed by atoms with van der Waals surface area (Å²) in [7, 11) is -3.58. The molecular weight excluding hydrogens is 618 g/mol. The minimum Gasteiger partial charge on any atom is -0.724 e. The Morgan fingerprint density at radius 3 is 1.89 bits per heavy atom. The second-order valence-electron chi connectivity index (χ2n) is 13.4. The van der Waals surface area contributed by atoms with Gasteiger partial charge in [-0.1, -0.05) is 53.4 Å². The molecule has 1 N–H and O–H groups in total. The van der Waals surface area contributed by atoms with Crippen molar-refractivity contribution in [2.24, 2.45) is 0 Å². The van der Waals surface area contributed by atoms with Crippen molar-refractivity contribution in [2.75, 3.05) is 52.9 Å². The van der Waals surface area contributed by atoms with E-state index < -0.39 is 46.1 Å². The molecule has 2 fully saturated rings. The number of nitrogens with zero attached hydrogens (tertiary/aromatic N) is 4. The first kappa shape index (κ1) is 41.8. The number of ether oxygens (including phenoxy) is 1. The van der Waals surface area contributed by atoms with E-state index >= 15 is 0 Å². The maximum Gasteiger partial charge on any atom is 0.410 e. The summed E-state index contributed by atoms with van der Waals surface area (Å²) < 4.78 is 43.1. The number of unbranched alkanes of at least 4 members (excludes halogenated alkanes) is 4. The summed E-state index contributed by atoms with van der Waals surface area (Å²) in [5, 5.41) is 0.492. The summed E-state index contributed by atoms with van der Waals surface area (Å²) in [6, 6.07) is -2.40. The first-order chi connectivity index (χ1) is 21.5. The van der Waals surface area contributed by atoms with Gasteiger partial charge >= 0.3 is 12.1 Å². The zero-order chi connectivity index (χ0) is 35.0. The zero-order valence-corrected chi connectivity index (χ0v) is 30.4. The maximum atomic E-state index is 12.3. The highest BCUT2D eigenvalue weighted by Crippen LogP contribution is 2.30. The number of hydrogen-bond donors (Lipinski definition) is 1. The lowest BCUT2D eigenvalue weighted by Gasteiger charge is -2.39. The van der Waals surface area contributed by atoms with Gasteiger partial charge in [-0.05, 0) is 59.3 Å². The largest absolute Gasteiger partial charge is 0.724 e. The van der Waals surface area contributed by atoms with Crippen LogP contribution in [-0.4, -0.2) is 121 Å². The smallest absolute Gasteiger partial charge is 0.410 e. The fourth-order valence-corrected chi connectivity index (χ4v) is 5.93. The molecule has 0 aromatic heterocycles. The number of quaternary nitrogens is 1. The minimum atomic E-state index is -5.10. The molecule has 270 valence electrons. The molecule has 0 saturated carbocycles. The van der Waals surface area contributed by atoms with Crippen LogP contribution in [0.5, 0.6) is 0 Å². The third kappa shape index (κ3) is 15.1. The topological polar surface area (TPSA) is 158 Å². The third-order valence-electron chi connectivity index (χ3n) is 8.15. The molecule has 0 spiro atoms. The second-order valence-corrected chi connectivity index (χ2v) is 14.3. The molecule has 2 aliphatic heterocycles. The van der Waals surface area contributed by atoms with E-state index in [1.165, 1.54) is 94.0 Å². The lowest BCUT2D eigenvalue weighted by Crippen LogP contribution is -2.50. The Kier molecular flexibility index (Phi) is 18.4. The quantitative estimate of drug-likeness (QED) is 0.0679. The molecule has 0 aromatic rings. The van der Waals surface area contributed by atoms with Crippen LogP contribution < -0.4 is 5.48 Å². The molecule has 15 heteroatoms. The third-order valence-corrected chi connectivity index (χ3v) is 8.49. The van der Waals surface area contributed by atoms with E-state index in [4.69, 9.17) is 9.57 Å². The van der Waals surface area contributed by atoms with E-state index in [9.17, 15) is 27.4 Å². The number of rotatable bonds is 19.